The summed E-state index contributed by atoms with van der Waals surface area (Å²) in [6, 6.07) is 11.1. The molecule has 0 amide bonds. The lowest BCUT2D eigenvalue weighted by Crippen LogP contribution is -1.91. The van der Waals surface area contributed by atoms with Crippen molar-refractivity contribution in [1.82, 2.24) is 4.98 Å². The predicted octanol–water partition coefficient (Wildman–Crippen LogP) is 4.58. The van der Waals surface area contributed by atoms with E-state index in [-0.39, 0.29) is 5.76 Å². The van der Waals surface area contributed by atoms with Gasteiger partial charge in [-0.1, -0.05) is 6.07 Å². The van der Waals surface area contributed by atoms with E-state index in [0.717, 1.165) is 26.2 Å². The minimum atomic E-state index is -1.05. The van der Waals surface area contributed by atoms with Crippen molar-refractivity contribution >= 4 is 44.6 Å². The fourth-order valence-electron chi connectivity index (χ4n) is 1.89. The van der Waals surface area contributed by atoms with E-state index in [0.29, 0.717) is 5.58 Å². The molecular weight excluding hydrogens is 354 g/mol. The van der Waals surface area contributed by atoms with Crippen LogP contribution in [-0.4, -0.2) is 16.1 Å². The van der Waals surface area contributed by atoms with Gasteiger partial charge < -0.3 is 9.52 Å². The molecule has 0 radical (unpaired) electrons. The van der Waals surface area contributed by atoms with Gasteiger partial charge in [-0.15, -0.1) is 11.8 Å². The summed E-state index contributed by atoms with van der Waals surface area (Å²) in [7, 11) is 0. The highest BCUT2D eigenvalue weighted by Crippen LogP contribution is 2.26. The van der Waals surface area contributed by atoms with Crippen LogP contribution in [0.15, 0.2) is 56.5 Å². The molecule has 3 rings (SSSR count). The van der Waals surface area contributed by atoms with Crippen LogP contribution < -0.4 is 0 Å². The van der Waals surface area contributed by atoms with Crippen LogP contribution in [0, 0.1) is 0 Å². The number of aromatic nitrogens is 1. The Morgan fingerprint density at radius 1 is 1.29 bits per heavy atom. The van der Waals surface area contributed by atoms with Gasteiger partial charge in [0.2, 0.25) is 5.76 Å². The summed E-state index contributed by atoms with van der Waals surface area (Å²) >= 11 is 4.98. The lowest BCUT2D eigenvalue weighted by atomic mass is 10.2. The summed E-state index contributed by atoms with van der Waals surface area (Å²) in [5.41, 5.74) is 1.68. The predicted molar refractivity (Wildman–Crippen MR) is 84.7 cm³/mol. The molecule has 0 saturated heterocycles. The Morgan fingerprint density at radius 3 is 2.86 bits per heavy atom. The number of benzene rings is 1. The van der Waals surface area contributed by atoms with Crippen molar-refractivity contribution in [2.24, 2.45) is 0 Å². The van der Waals surface area contributed by atoms with E-state index >= 15 is 0 Å². The van der Waals surface area contributed by atoms with Crippen LogP contribution in [0.4, 0.5) is 0 Å². The van der Waals surface area contributed by atoms with E-state index in [9.17, 15) is 4.79 Å². The minimum Gasteiger partial charge on any atom is -0.475 e. The number of nitrogens with zero attached hydrogens (tertiary/aromatic N) is 1. The van der Waals surface area contributed by atoms with E-state index in [1.165, 1.54) is 0 Å². The maximum atomic E-state index is 10.9. The topological polar surface area (TPSA) is 63.3 Å². The van der Waals surface area contributed by atoms with Crippen molar-refractivity contribution < 1.29 is 14.3 Å². The highest BCUT2D eigenvalue weighted by molar-refractivity contribution is 9.10. The number of carboxylic acids is 1. The van der Waals surface area contributed by atoms with Crippen LogP contribution in [0.25, 0.3) is 11.0 Å². The number of halogens is 1. The lowest BCUT2D eigenvalue weighted by molar-refractivity contribution is 0.0665. The number of carbonyl (C=O) groups is 1. The minimum absolute atomic E-state index is 0.0376. The maximum Gasteiger partial charge on any atom is 0.371 e. The Bertz CT molecular complexity index is 798. The van der Waals surface area contributed by atoms with Crippen molar-refractivity contribution in [3.05, 3.63) is 58.4 Å². The normalized spacial score (nSPS) is 10.9. The number of aromatic carboxylic acids is 1. The first-order valence-electron chi connectivity index (χ1n) is 6.12. The molecule has 21 heavy (non-hydrogen) atoms. The van der Waals surface area contributed by atoms with Gasteiger partial charge in [-0.25, -0.2) is 9.78 Å². The molecule has 0 aliphatic rings. The molecule has 2 heterocycles. The van der Waals surface area contributed by atoms with Crippen LogP contribution in [0.2, 0.25) is 0 Å². The van der Waals surface area contributed by atoms with E-state index in [1.807, 2.05) is 24.3 Å². The number of fused-ring (bicyclic) bond motifs is 1. The molecule has 0 unspecified atom stereocenters. The van der Waals surface area contributed by atoms with E-state index in [2.05, 4.69) is 20.9 Å². The second kappa shape index (κ2) is 5.91. The second-order valence-electron chi connectivity index (χ2n) is 4.39. The third-order valence-corrected chi connectivity index (χ3v) is 4.36. The molecule has 0 saturated carbocycles. The van der Waals surface area contributed by atoms with Gasteiger partial charge in [0.15, 0.2) is 0 Å². The number of furan rings is 1. The maximum absolute atomic E-state index is 10.9. The van der Waals surface area contributed by atoms with Crippen LogP contribution in [-0.2, 0) is 5.75 Å². The van der Waals surface area contributed by atoms with Crippen molar-refractivity contribution in [3.8, 4) is 0 Å². The zero-order chi connectivity index (χ0) is 14.8. The average Bonchev–Trinajstić information content (AvgIpc) is 2.90. The molecule has 3 aromatic rings. The van der Waals surface area contributed by atoms with Crippen molar-refractivity contribution in [3.63, 3.8) is 0 Å². The molecule has 0 fully saturated rings. The zero-order valence-corrected chi connectivity index (χ0v) is 13.1. The molecule has 4 nitrogen and oxygen atoms in total. The summed E-state index contributed by atoms with van der Waals surface area (Å²) < 4.78 is 6.19. The van der Waals surface area contributed by atoms with Crippen LogP contribution in [0.5, 0.6) is 0 Å². The first-order chi connectivity index (χ1) is 10.1. The van der Waals surface area contributed by atoms with Crippen LogP contribution in [0.3, 0.4) is 0 Å². The van der Waals surface area contributed by atoms with Gasteiger partial charge in [-0.2, -0.15) is 0 Å². The highest BCUT2D eigenvalue weighted by atomic mass is 79.9. The molecule has 1 N–H and O–H groups in total. The summed E-state index contributed by atoms with van der Waals surface area (Å²) in [5.74, 6) is -0.330. The number of hydrogen-bond acceptors (Lipinski definition) is 4. The van der Waals surface area contributed by atoms with Gasteiger partial charge >= 0.3 is 5.97 Å². The van der Waals surface area contributed by atoms with Gasteiger partial charge in [0.05, 0.1) is 5.03 Å². The van der Waals surface area contributed by atoms with Gasteiger partial charge in [0.25, 0.3) is 0 Å². The van der Waals surface area contributed by atoms with E-state index in [1.54, 1.807) is 30.1 Å². The Balaban J connectivity index is 1.77. The Labute approximate surface area is 133 Å². The molecule has 6 heteroatoms. The number of rotatable bonds is 4. The highest BCUT2D eigenvalue weighted by Gasteiger charge is 2.10. The van der Waals surface area contributed by atoms with Crippen molar-refractivity contribution in [2.75, 3.05) is 0 Å². The van der Waals surface area contributed by atoms with Crippen LogP contribution >= 0.6 is 27.7 Å². The zero-order valence-electron chi connectivity index (χ0n) is 10.7. The average molecular weight is 364 g/mol. The lowest BCUT2D eigenvalue weighted by Gasteiger charge is -2.01. The molecule has 0 spiro atoms. The summed E-state index contributed by atoms with van der Waals surface area (Å²) in [5, 5.41) is 10.7. The second-order valence-corrected chi connectivity index (χ2v) is 6.30. The molecule has 0 aliphatic carbocycles. The third kappa shape index (κ3) is 3.28. The van der Waals surface area contributed by atoms with E-state index < -0.39 is 5.97 Å². The van der Waals surface area contributed by atoms with Crippen LogP contribution in [0.1, 0.15) is 16.1 Å². The Morgan fingerprint density at radius 2 is 2.14 bits per heavy atom. The molecule has 2 aromatic heterocycles. The molecule has 0 bridgehead atoms. The van der Waals surface area contributed by atoms with Gasteiger partial charge in [-0.3, -0.25) is 0 Å². The molecular formula is C15H10BrNO3S. The smallest absolute Gasteiger partial charge is 0.371 e. The monoisotopic (exact) mass is 363 g/mol. The van der Waals surface area contributed by atoms with Crippen molar-refractivity contribution in [1.29, 1.82) is 0 Å². The number of carboxylic acid groups (broad SMARTS) is 1. The number of thioether (sulfide) groups is 1. The third-order valence-electron chi connectivity index (χ3n) is 2.88. The Hall–Kier alpha value is -1.79. The molecule has 0 aliphatic heterocycles. The quantitative estimate of drug-likeness (QED) is 0.687. The largest absolute Gasteiger partial charge is 0.475 e. The molecule has 0 atom stereocenters. The van der Waals surface area contributed by atoms with Crippen molar-refractivity contribution in [2.45, 2.75) is 10.8 Å². The first-order valence-corrected chi connectivity index (χ1v) is 7.90. The fourth-order valence-corrected chi connectivity index (χ4v) is 2.91. The summed E-state index contributed by atoms with van der Waals surface area (Å²) in [4.78, 5) is 15.2. The molecule has 106 valence electrons. The SMILES string of the molecule is O=C(O)c1cc2cc(CSc3ccc(Br)cn3)ccc2o1. The first kappa shape index (κ1) is 14.2. The Kier molecular flexibility index (Phi) is 3.98. The van der Waals surface area contributed by atoms with Gasteiger partial charge in [0, 0.05) is 21.8 Å². The number of hydrogen-bond donors (Lipinski definition) is 1. The summed E-state index contributed by atoms with van der Waals surface area (Å²) in [6.07, 6.45) is 1.76. The fraction of sp³-hybridized carbons (Fsp3) is 0.0667. The summed E-state index contributed by atoms with van der Waals surface area (Å²) in [6.45, 7) is 0. The number of pyridine rings is 1. The molecule has 1 aromatic carbocycles. The van der Waals surface area contributed by atoms with Gasteiger partial charge in [-0.05, 0) is 51.8 Å². The van der Waals surface area contributed by atoms with Gasteiger partial charge in [0.1, 0.15) is 5.58 Å². The standard InChI is InChI=1S/C15H10BrNO3S/c16-11-2-4-14(17-7-11)21-8-9-1-3-12-10(5-9)6-13(20-12)15(18)19/h1-7H,8H2,(H,18,19). The van der Waals surface area contributed by atoms with E-state index in [4.69, 9.17) is 9.52 Å².